The summed E-state index contributed by atoms with van der Waals surface area (Å²) < 4.78 is 17.5. The third-order valence-electron chi connectivity index (χ3n) is 5.08. The molecule has 0 radical (unpaired) electrons. The van der Waals surface area contributed by atoms with Crippen LogP contribution in [0.25, 0.3) is 0 Å². The first kappa shape index (κ1) is 20.2. The zero-order valence-electron chi connectivity index (χ0n) is 17.2. The maximum Gasteiger partial charge on any atom is 0.205 e. The Morgan fingerprint density at radius 1 is 0.968 bits per heavy atom. The summed E-state index contributed by atoms with van der Waals surface area (Å²) in [5.41, 5.74) is 15.6. The molecule has 6 nitrogen and oxygen atoms in total. The molecule has 0 unspecified atom stereocenters. The van der Waals surface area contributed by atoms with Gasteiger partial charge in [0, 0.05) is 17.3 Å². The van der Waals surface area contributed by atoms with E-state index in [2.05, 4.69) is 6.07 Å². The van der Waals surface area contributed by atoms with Crippen molar-refractivity contribution in [2.75, 3.05) is 12.3 Å². The number of anilines is 1. The Kier molecular flexibility index (Phi) is 5.67. The lowest BCUT2D eigenvalue weighted by atomic mass is 9.83. The van der Waals surface area contributed by atoms with Crippen LogP contribution in [-0.4, -0.2) is 6.61 Å². The van der Waals surface area contributed by atoms with Gasteiger partial charge in [0.25, 0.3) is 0 Å². The zero-order chi connectivity index (χ0) is 21.8. The molecule has 0 saturated carbocycles. The van der Waals surface area contributed by atoms with Crippen molar-refractivity contribution in [3.8, 4) is 23.3 Å². The molecule has 1 heterocycles. The summed E-state index contributed by atoms with van der Waals surface area (Å²) in [7, 11) is 0. The summed E-state index contributed by atoms with van der Waals surface area (Å²) in [6.45, 7) is 2.82. The Bertz CT molecular complexity index is 1170. The number of nitrogens with zero attached hydrogens (tertiary/aromatic N) is 1. The first-order valence-electron chi connectivity index (χ1n) is 10.0. The summed E-state index contributed by atoms with van der Waals surface area (Å²) in [5, 5.41) is 9.76. The van der Waals surface area contributed by atoms with E-state index in [1.54, 1.807) is 12.1 Å². The topological polar surface area (TPSA) is 104 Å². The van der Waals surface area contributed by atoms with Gasteiger partial charge in [-0.15, -0.1) is 0 Å². The lowest BCUT2D eigenvalue weighted by Gasteiger charge is -2.27. The standard InChI is InChI=1S/C25H23N3O3/c1-2-29-23-12-17(8-11-21(23)30-15-16-6-4-3-5-7-16)24-19-10-9-18(27)13-22(19)31-25(28)20(24)14-26/h3-13,24H,2,15,27-28H2,1H3/t24-/m0/s1. The molecule has 0 aliphatic carbocycles. The molecule has 0 spiro atoms. The minimum Gasteiger partial charge on any atom is -0.490 e. The molecule has 0 saturated heterocycles. The van der Waals surface area contributed by atoms with E-state index in [4.69, 9.17) is 25.7 Å². The Hall–Kier alpha value is -4.11. The van der Waals surface area contributed by atoms with Crippen molar-refractivity contribution in [1.29, 1.82) is 5.26 Å². The number of allylic oxidation sites excluding steroid dienone is 1. The quantitative estimate of drug-likeness (QED) is 0.578. The smallest absolute Gasteiger partial charge is 0.205 e. The number of nitriles is 1. The van der Waals surface area contributed by atoms with Gasteiger partial charge in [0.2, 0.25) is 5.88 Å². The van der Waals surface area contributed by atoms with Crippen molar-refractivity contribution >= 4 is 5.69 Å². The fourth-order valence-electron chi connectivity index (χ4n) is 3.64. The second-order valence-corrected chi connectivity index (χ2v) is 7.14. The second-order valence-electron chi connectivity index (χ2n) is 7.14. The molecule has 3 aromatic carbocycles. The highest BCUT2D eigenvalue weighted by atomic mass is 16.5. The minimum absolute atomic E-state index is 0.0768. The fraction of sp³-hybridized carbons (Fsp3) is 0.160. The predicted octanol–water partition coefficient (Wildman–Crippen LogP) is 4.46. The number of hydrogen-bond donors (Lipinski definition) is 2. The molecule has 1 aliphatic heterocycles. The van der Waals surface area contributed by atoms with Gasteiger partial charge in [-0.2, -0.15) is 5.26 Å². The molecule has 3 aromatic rings. The van der Waals surface area contributed by atoms with Gasteiger partial charge in [0.1, 0.15) is 24.0 Å². The number of nitrogen functional groups attached to an aromatic ring is 1. The van der Waals surface area contributed by atoms with E-state index in [0.717, 1.165) is 16.7 Å². The number of ether oxygens (including phenoxy) is 3. The molecule has 0 fully saturated rings. The van der Waals surface area contributed by atoms with Crippen LogP contribution < -0.4 is 25.7 Å². The van der Waals surface area contributed by atoms with Crippen LogP contribution in [0.1, 0.15) is 29.5 Å². The van der Waals surface area contributed by atoms with Crippen molar-refractivity contribution < 1.29 is 14.2 Å². The average molecular weight is 413 g/mol. The van der Waals surface area contributed by atoms with Crippen molar-refractivity contribution in [3.63, 3.8) is 0 Å². The summed E-state index contributed by atoms with van der Waals surface area (Å²) in [6.07, 6.45) is 0. The van der Waals surface area contributed by atoms with Crippen LogP contribution in [0, 0.1) is 11.3 Å². The van der Waals surface area contributed by atoms with E-state index >= 15 is 0 Å². The second kappa shape index (κ2) is 8.72. The van der Waals surface area contributed by atoms with Crippen LogP contribution in [0.2, 0.25) is 0 Å². The summed E-state index contributed by atoms with van der Waals surface area (Å²) in [5.74, 6) is 1.47. The minimum atomic E-state index is -0.392. The van der Waals surface area contributed by atoms with Crippen LogP contribution in [0.4, 0.5) is 5.69 Å². The van der Waals surface area contributed by atoms with Gasteiger partial charge in [0.15, 0.2) is 11.5 Å². The third kappa shape index (κ3) is 4.12. The number of fused-ring (bicyclic) bond motifs is 1. The van der Waals surface area contributed by atoms with Crippen molar-refractivity contribution in [2.45, 2.75) is 19.4 Å². The van der Waals surface area contributed by atoms with Gasteiger partial charge in [0.05, 0.1) is 12.5 Å². The lowest BCUT2D eigenvalue weighted by Crippen LogP contribution is -2.21. The molecular formula is C25H23N3O3. The SMILES string of the molecule is CCOc1cc([C@@H]2C(C#N)=C(N)Oc3cc(N)ccc32)ccc1OCc1ccccc1. The molecule has 156 valence electrons. The van der Waals surface area contributed by atoms with E-state index in [1.807, 2.05) is 61.5 Å². The first-order valence-corrected chi connectivity index (χ1v) is 10.0. The number of benzene rings is 3. The number of rotatable bonds is 6. The molecule has 31 heavy (non-hydrogen) atoms. The van der Waals surface area contributed by atoms with Gasteiger partial charge < -0.3 is 25.7 Å². The van der Waals surface area contributed by atoms with Gasteiger partial charge >= 0.3 is 0 Å². The van der Waals surface area contributed by atoms with Crippen molar-refractivity contribution in [1.82, 2.24) is 0 Å². The molecular weight excluding hydrogens is 390 g/mol. The Morgan fingerprint density at radius 2 is 1.77 bits per heavy atom. The van der Waals surface area contributed by atoms with Gasteiger partial charge in [-0.1, -0.05) is 42.5 Å². The lowest BCUT2D eigenvalue weighted by molar-refractivity contribution is 0.269. The largest absolute Gasteiger partial charge is 0.490 e. The van der Waals surface area contributed by atoms with E-state index in [1.165, 1.54) is 0 Å². The highest BCUT2D eigenvalue weighted by molar-refractivity contribution is 5.60. The normalized spacial score (nSPS) is 14.9. The van der Waals surface area contributed by atoms with Crippen LogP contribution in [0.5, 0.6) is 17.2 Å². The van der Waals surface area contributed by atoms with E-state index < -0.39 is 5.92 Å². The van der Waals surface area contributed by atoms with Crippen LogP contribution in [0.3, 0.4) is 0 Å². The van der Waals surface area contributed by atoms with Crippen LogP contribution in [0.15, 0.2) is 78.2 Å². The van der Waals surface area contributed by atoms with Gasteiger partial charge in [-0.25, -0.2) is 0 Å². The van der Waals surface area contributed by atoms with Gasteiger partial charge in [-0.05, 0) is 36.2 Å². The maximum atomic E-state index is 9.76. The summed E-state index contributed by atoms with van der Waals surface area (Å²) in [6, 6.07) is 23.2. The third-order valence-corrected chi connectivity index (χ3v) is 5.08. The molecule has 4 rings (SSSR count). The number of nitrogens with two attached hydrogens (primary N) is 2. The molecule has 0 bridgehead atoms. The summed E-state index contributed by atoms with van der Waals surface area (Å²) in [4.78, 5) is 0. The molecule has 0 aromatic heterocycles. The van der Waals surface area contributed by atoms with Crippen molar-refractivity contribution in [3.05, 3.63) is 94.9 Å². The van der Waals surface area contributed by atoms with E-state index in [0.29, 0.717) is 41.7 Å². The maximum absolute atomic E-state index is 9.76. The highest BCUT2D eigenvalue weighted by Gasteiger charge is 2.31. The molecule has 1 aliphatic rings. The molecule has 1 atom stereocenters. The Labute approximate surface area is 181 Å². The predicted molar refractivity (Wildman–Crippen MR) is 119 cm³/mol. The summed E-state index contributed by atoms with van der Waals surface area (Å²) >= 11 is 0. The molecule has 4 N–H and O–H groups in total. The molecule has 0 amide bonds. The molecule has 6 heteroatoms. The Morgan fingerprint density at radius 3 is 2.52 bits per heavy atom. The highest BCUT2D eigenvalue weighted by Crippen LogP contribution is 2.44. The van der Waals surface area contributed by atoms with Gasteiger partial charge in [-0.3, -0.25) is 0 Å². The Balaban J connectivity index is 1.72. The van der Waals surface area contributed by atoms with Crippen molar-refractivity contribution in [2.24, 2.45) is 5.73 Å². The van der Waals surface area contributed by atoms with E-state index in [-0.39, 0.29) is 5.88 Å². The van der Waals surface area contributed by atoms with Crippen LogP contribution in [-0.2, 0) is 6.61 Å². The number of hydrogen-bond acceptors (Lipinski definition) is 6. The first-order chi connectivity index (χ1) is 15.1. The van der Waals surface area contributed by atoms with Crippen LogP contribution >= 0.6 is 0 Å². The zero-order valence-corrected chi connectivity index (χ0v) is 17.2. The fourth-order valence-corrected chi connectivity index (χ4v) is 3.64. The average Bonchev–Trinajstić information content (AvgIpc) is 2.78. The van der Waals surface area contributed by atoms with E-state index in [9.17, 15) is 5.26 Å². The monoisotopic (exact) mass is 413 g/mol.